The zero-order valence-electron chi connectivity index (χ0n) is 14.9. The van der Waals surface area contributed by atoms with E-state index >= 15 is 0 Å². The van der Waals surface area contributed by atoms with Crippen LogP contribution < -0.4 is 15.4 Å². The van der Waals surface area contributed by atoms with Crippen molar-refractivity contribution in [1.82, 2.24) is 10.2 Å². The first-order chi connectivity index (χ1) is 14.0. The average molecular weight is 469 g/mol. The van der Waals surface area contributed by atoms with Gasteiger partial charge in [0.1, 0.15) is 5.75 Å². The summed E-state index contributed by atoms with van der Waals surface area (Å²) in [6, 6.07) is 11.7. The van der Waals surface area contributed by atoms with E-state index in [0.717, 1.165) is 0 Å². The highest BCUT2D eigenvalue weighted by Gasteiger charge is 2.15. The highest BCUT2D eigenvalue weighted by molar-refractivity contribution is 8.01. The molecule has 0 saturated heterocycles. The van der Waals surface area contributed by atoms with Crippen molar-refractivity contribution in [2.24, 2.45) is 0 Å². The van der Waals surface area contributed by atoms with Crippen molar-refractivity contribution in [2.45, 2.75) is 4.34 Å². The number of methoxy groups -OCH3 is 1. The van der Waals surface area contributed by atoms with Gasteiger partial charge in [0.15, 0.2) is 4.34 Å². The number of carbonyl (C=O) groups is 2. The summed E-state index contributed by atoms with van der Waals surface area (Å²) in [5.74, 6) is -0.00575. The van der Waals surface area contributed by atoms with Crippen LogP contribution in [0.5, 0.6) is 5.75 Å². The lowest BCUT2D eigenvalue weighted by molar-refractivity contribution is -0.113. The molecule has 1 heterocycles. The second-order valence-corrected chi connectivity index (χ2v) is 8.51. The number of thioether (sulfide) groups is 1. The van der Waals surface area contributed by atoms with Crippen LogP contribution in [0, 0.1) is 0 Å². The van der Waals surface area contributed by atoms with E-state index in [9.17, 15) is 9.59 Å². The number of benzene rings is 2. The molecule has 1 aromatic heterocycles. The van der Waals surface area contributed by atoms with Gasteiger partial charge in [-0.25, -0.2) is 0 Å². The first-order valence-corrected chi connectivity index (χ1v) is 10.7. The van der Waals surface area contributed by atoms with E-state index < -0.39 is 0 Å². The van der Waals surface area contributed by atoms with Crippen molar-refractivity contribution in [3.63, 3.8) is 0 Å². The van der Waals surface area contributed by atoms with E-state index in [1.807, 2.05) is 0 Å². The van der Waals surface area contributed by atoms with Gasteiger partial charge in [0.25, 0.3) is 5.91 Å². The fourth-order valence-electron chi connectivity index (χ4n) is 2.21. The molecule has 11 heteroatoms. The van der Waals surface area contributed by atoms with Gasteiger partial charge in [0.2, 0.25) is 11.0 Å². The monoisotopic (exact) mass is 468 g/mol. The molecule has 3 rings (SSSR count). The summed E-state index contributed by atoms with van der Waals surface area (Å²) in [6.07, 6.45) is 0. The largest absolute Gasteiger partial charge is 0.496 e. The van der Waals surface area contributed by atoms with Gasteiger partial charge in [-0.1, -0.05) is 58.4 Å². The summed E-state index contributed by atoms with van der Waals surface area (Å²) in [4.78, 5) is 24.5. The SMILES string of the molecule is COc1ccccc1C(=O)Nc1nnc(SCC(=O)Nc2ccc(Cl)c(Cl)c2)s1. The van der Waals surface area contributed by atoms with Crippen molar-refractivity contribution in [3.8, 4) is 5.75 Å². The Balaban J connectivity index is 1.54. The summed E-state index contributed by atoms with van der Waals surface area (Å²) < 4.78 is 5.73. The van der Waals surface area contributed by atoms with E-state index in [1.165, 1.54) is 30.2 Å². The molecule has 2 N–H and O–H groups in total. The molecule has 3 aromatic rings. The molecule has 0 aliphatic rings. The Bertz CT molecular complexity index is 1050. The number of hydrogen-bond acceptors (Lipinski definition) is 7. The molecule has 0 aliphatic heterocycles. The van der Waals surface area contributed by atoms with Gasteiger partial charge in [-0.2, -0.15) is 0 Å². The molecule has 2 amide bonds. The van der Waals surface area contributed by atoms with Crippen LogP contribution in [0.3, 0.4) is 0 Å². The van der Waals surface area contributed by atoms with Gasteiger partial charge in [-0.15, -0.1) is 10.2 Å². The molecular weight excluding hydrogens is 455 g/mol. The number of amides is 2. The van der Waals surface area contributed by atoms with Crippen molar-refractivity contribution in [1.29, 1.82) is 0 Å². The molecule has 0 radical (unpaired) electrons. The third kappa shape index (κ3) is 5.83. The predicted molar refractivity (Wildman–Crippen MR) is 117 cm³/mol. The highest BCUT2D eigenvalue weighted by Crippen LogP contribution is 2.28. The first kappa shape index (κ1) is 21.4. The Morgan fingerprint density at radius 2 is 1.90 bits per heavy atom. The van der Waals surface area contributed by atoms with Gasteiger partial charge in [-0.3, -0.25) is 14.9 Å². The van der Waals surface area contributed by atoms with Crippen LogP contribution in [0.4, 0.5) is 10.8 Å². The standard InChI is InChI=1S/C18H14Cl2N4O3S2/c1-27-14-5-3-2-4-11(14)16(26)22-17-23-24-18(29-17)28-9-15(25)21-10-6-7-12(19)13(20)8-10/h2-8H,9H2,1H3,(H,21,25)(H,22,23,26). The lowest BCUT2D eigenvalue weighted by atomic mass is 10.2. The topological polar surface area (TPSA) is 93.2 Å². The second kappa shape index (κ2) is 9.93. The molecule has 0 bridgehead atoms. The number of nitrogens with one attached hydrogen (secondary N) is 2. The predicted octanol–water partition coefficient (Wildman–Crippen LogP) is 4.84. The van der Waals surface area contributed by atoms with E-state index in [2.05, 4.69) is 20.8 Å². The third-order valence-corrected chi connectivity index (χ3v) is 6.22. The summed E-state index contributed by atoms with van der Waals surface area (Å²) in [6.45, 7) is 0. The highest BCUT2D eigenvalue weighted by atomic mass is 35.5. The molecule has 0 spiro atoms. The Morgan fingerprint density at radius 1 is 1.10 bits per heavy atom. The van der Waals surface area contributed by atoms with Crippen LogP contribution >= 0.6 is 46.3 Å². The van der Waals surface area contributed by atoms with Crippen LogP contribution in [0.15, 0.2) is 46.8 Å². The minimum absolute atomic E-state index is 0.120. The van der Waals surface area contributed by atoms with Crippen LogP contribution in [-0.2, 0) is 4.79 Å². The van der Waals surface area contributed by atoms with Crippen LogP contribution in [-0.4, -0.2) is 34.9 Å². The molecule has 0 aliphatic carbocycles. The Kier molecular flexibility index (Phi) is 7.32. The van der Waals surface area contributed by atoms with E-state index in [0.29, 0.717) is 36.5 Å². The molecule has 2 aromatic carbocycles. The summed E-state index contributed by atoms with van der Waals surface area (Å²) >= 11 is 14.2. The average Bonchev–Trinajstić information content (AvgIpc) is 3.16. The maximum Gasteiger partial charge on any atom is 0.261 e. The summed E-state index contributed by atoms with van der Waals surface area (Å²) in [5.41, 5.74) is 0.937. The van der Waals surface area contributed by atoms with Crippen molar-refractivity contribution in [3.05, 3.63) is 58.1 Å². The summed E-state index contributed by atoms with van der Waals surface area (Å²) in [7, 11) is 1.49. The number of rotatable bonds is 7. The number of hydrogen-bond donors (Lipinski definition) is 2. The van der Waals surface area contributed by atoms with Gasteiger partial charge >= 0.3 is 0 Å². The van der Waals surface area contributed by atoms with Gasteiger partial charge < -0.3 is 10.1 Å². The second-order valence-electron chi connectivity index (χ2n) is 5.49. The normalized spacial score (nSPS) is 10.4. The Morgan fingerprint density at radius 3 is 2.66 bits per heavy atom. The number of nitrogens with zero attached hydrogens (tertiary/aromatic N) is 2. The maximum atomic E-state index is 12.4. The lowest BCUT2D eigenvalue weighted by Gasteiger charge is -2.06. The molecule has 7 nitrogen and oxygen atoms in total. The quantitative estimate of drug-likeness (QED) is 0.380. The Hall–Kier alpha value is -2.33. The molecule has 0 saturated carbocycles. The fraction of sp³-hybridized carbons (Fsp3) is 0.111. The zero-order valence-corrected chi connectivity index (χ0v) is 18.1. The minimum atomic E-state index is -0.354. The molecule has 0 fully saturated rings. The van der Waals surface area contributed by atoms with E-state index in [4.69, 9.17) is 27.9 Å². The Labute approximate surface area is 184 Å². The van der Waals surface area contributed by atoms with Gasteiger partial charge in [-0.05, 0) is 30.3 Å². The van der Waals surface area contributed by atoms with Gasteiger partial charge in [0.05, 0.1) is 28.5 Å². The molecule has 150 valence electrons. The van der Waals surface area contributed by atoms with Gasteiger partial charge in [0, 0.05) is 5.69 Å². The lowest BCUT2D eigenvalue weighted by Crippen LogP contribution is -2.13. The maximum absolute atomic E-state index is 12.4. The van der Waals surface area contributed by atoms with Crippen LogP contribution in [0.25, 0.3) is 0 Å². The van der Waals surface area contributed by atoms with Crippen LogP contribution in [0.2, 0.25) is 10.0 Å². The number of carbonyl (C=O) groups excluding carboxylic acids is 2. The van der Waals surface area contributed by atoms with Crippen molar-refractivity contribution in [2.75, 3.05) is 23.5 Å². The van der Waals surface area contributed by atoms with Crippen molar-refractivity contribution >= 4 is 68.9 Å². The number of ether oxygens (including phenoxy) is 1. The molecule has 29 heavy (non-hydrogen) atoms. The number of halogens is 2. The molecule has 0 unspecified atom stereocenters. The van der Waals surface area contributed by atoms with Crippen LogP contribution in [0.1, 0.15) is 10.4 Å². The van der Waals surface area contributed by atoms with E-state index in [-0.39, 0.29) is 17.6 Å². The third-order valence-electron chi connectivity index (χ3n) is 3.51. The fourth-order valence-corrected chi connectivity index (χ4v) is 4.06. The molecular formula is C18H14Cl2N4O3S2. The minimum Gasteiger partial charge on any atom is -0.496 e. The zero-order chi connectivity index (χ0) is 20.8. The summed E-state index contributed by atoms with van der Waals surface area (Å²) in [5, 5.41) is 14.4. The van der Waals surface area contributed by atoms with E-state index in [1.54, 1.807) is 42.5 Å². The van der Waals surface area contributed by atoms with Crippen molar-refractivity contribution < 1.29 is 14.3 Å². The number of anilines is 2. The first-order valence-electron chi connectivity index (χ1n) is 8.12. The number of para-hydroxylation sites is 1. The smallest absolute Gasteiger partial charge is 0.261 e. The number of aromatic nitrogens is 2. The molecule has 0 atom stereocenters.